The van der Waals surface area contributed by atoms with Crippen LogP contribution in [-0.2, 0) is 19.1 Å². The van der Waals surface area contributed by atoms with Gasteiger partial charge < -0.3 is 9.47 Å². The molecule has 4 saturated carbocycles. The summed E-state index contributed by atoms with van der Waals surface area (Å²) in [5.74, 6) is 3.37. The van der Waals surface area contributed by atoms with Gasteiger partial charge in [-0.15, -0.1) is 0 Å². The van der Waals surface area contributed by atoms with E-state index in [0.717, 1.165) is 31.1 Å². The highest BCUT2D eigenvalue weighted by Gasteiger charge is 2.66. The lowest BCUT2D eigenvalue weighted by molar-refractivity contribution is -0.160. The number of carbonyl (C=O) groups excluding carboxylic acids is 2. The summed E-state index contributed by atoms with van der Waals surface area (Å²) in [5.41, 5.74) is 0.663. The van der Waals surface area contributed by atoms with Crippen LogP contribution < -0.4 is 0 Å². The van der Waals surface area contributed by atoms with E-state index in [2.05, 4.69) is 20.8 Å². The number of esters is 2. The highest BCUT2D eigenvalue weighted by molar-refractivity contribution is 5.75. The Morgan fingerprint density at radius 3 is 2.54 bits per heavy atom. The molecule has 0 aromatic rings. The average molecular weight is 389 g/mol. The van der Waals surface area contributed by atoms with E-state index in [1.54, 1.807) is 0 Å². The monoisotopic (exact) mass is 388 g/mol. The van der Waals surface area contributed by atoms with E-state index in [-0.39, 0.29) is 35.5 Å². The second kappa shape index (κ2) is 6.22. The minimum Gasteiger partial charge on any atom is -0.463 e. The average Bonchev–Trinajstić information content (AvgIpc) is 3.08. The third-order valence-corrected chi connectivity index (χ3v) is 10.2. The van der Waals surface area contributed by atoms with Crippen molar-refractivity contribution in [3.8, 4) is 0 Å². The number of rotatable bonds is 1. The van der Waals surface area contributed by atoms with Crippen molar-refractivity contribution in [1.82, 2.24) is 0 Å². The van der Waals surface area contributed by atoms with Gasteiger partial charge in [0.1, 0.15) is 12.2 Å². The molecular formula is C24H36O4. The van der Waals surface area contributed by atoms with Gasteiger partial charge >= 0.3 is 11.9 Å². The van der Waals surface area contributed by atoms with Gasteiger partial charge in [-0.3, -0.25) is 9.59 Å². The van der Waals surface area contributed by atoms with Gasteiger partial charge in [0.05, 0.1) is 5.92 Å². The summed E-state index contributed by atoms with van der Waals surface area (Å²) < 4.78 is 11.4. The Bertz CT molecular complexity index is 688. The van der Waals surface area contributed by atoms with Crippen molar-refractivity contribution in [1.29, 1.82) is 0 Å². The molecule has 0 radical (unpaired) electrons. The number of hydrogen-bond donors (Lipinski definition) is 0. The number of carbonyl (C=O) groups is 2. The molecule has 10 atom stereocenters. The van der Waals surface area contributed by atoms with E-state index in [1.165, 1.54) is 39.0 Å². The van der Waals surface area contributed by atoms with Crippen LogP contribution in [0.25, 0.3) is 0 Å². The number of ether oxygens (including phenoxy) is 2. The van der Waals surface area contributed by atoms with Gasteiger partial charge in [0.25, 0.3) is 0 Å². The molecule has 1 heterocycles. The maximum atomic E-state index is 12.2. The molecule has 1 aliphatic heterocycles. The molecule has 5 fully saturated rings. The maximum Gasteiger partial charge on any atom is 0.309 e. The third-order valence-electron chi connectivity index (χ3n) is 10.2. The van der Waals surface area contributed by atoms with Crippen LogP contribution in [0.3, 0.4) is 0 Å². The zero-order valence-corrected chi connectivity index (χ0v) is 17.9. The first-order valence-electron chi connectivity index (χ1n) is 11.6. The fourth-order valence-corrected chi connectivity index (χ4v) is 9.01. The molecule has 0 aromatic heterocycles. The molecule has 0 N–H and O–H groups in total. The molecular weight excluding hydrogens is 352 g/mol. The Morgan fingerprint density at radius 1 is 1.04 bits per heavy atom. The normalized spacial score (nSPS) is 54.8. The second-order valence-electron chi connectivity index (χ2n) is 11.2. The van der Waals surface area contributed by atoms with Crippen molar-refractivity contribution < 1.29 is 19.1 Å². The van der Waals surface area contributed by atoms with Crippen LogP contribution in [0.2, 0.25) is 0 Å². The number of fused-ring (bicyclic) bond motifs is 7. The Morgan fingerprint density at radius 2 is 1.79 bits per heavy atom. The summed E-state index contributed by atoms with van der Waals surface area (Å²) in [6.07, 6.45) is 9.79. The van der Waals surface area contributed by atoms with Crippen LogP contribution in [0.5, 0.6) is 0 Å². The van der Waals surface area contributed by atoms with Crippen molar-refractivity contribution in [2.75, 3.05) is 0 Å². The molecule has 5 aliphatic rings. The summed E-state index contributed by atoms with van der Waals surface area (Å²) >= 11 is 0. The molecule has 1 saturated heterocycles. The first-order chi connectivity index (χ1) is 13.2. The van der Waals surface area contributed by atoms with Gasteiger partial charge in [-0.05, 0) is 85.9 Å². The minimum absolute atomic E-state index is 0.0382. The van der Waals surface area contributed by atoms with Crippen molar-refractivity contribution in [3.05, 3.63) is 0 Å². The number of hydrogen-bond acceptors (Lipinski definition) is 4. The molecule has 4 aliphatic carbocycles. The third kappa shape index (κ3) is 2.48. The van der Waals surface area contributed by atoms with E-state index in [9.17, 15) is 9.59 Å². The van der Waals surface area contributed by atoms with Crippen molar-refractivity contribution >= 4 is 11.9 Å². The first-order valence-corrected chi connectivity index (χ1v) is 11.6. The Hall–Kier alpha value is -1.06. The standard InChI is InChI=1S/C24H36O4/c1-13-21-20(28-22(13)26)12-19-17-6-5-15-11-16(27-14(2)25)7-9-23(15,3)18(17)8-10-24(19,21)4/h13,15-21H,5-12H2,1-4H3/t13?,15?,16?,17-,18+,19+,20?,21+,23+,24+/m1/s1. The Balaban J connectivity index is 1.37. The summed E-state index contributed by atoms with van der Waals surface area (Å²) in [6, 6.07) is 0. The summed E-state index contributed by atoms with van der Waals surface area (Å²) in [7, 11) is 0. The van der Waals surface area contributed by atoms with Crippen LogP contribution >= 0.6 is 0 Å². The van der Waals surface area contributed by atoms with Crippen LogP contribution in [0.15, 0.2) is 0 Å². The second-order valence-corrected chi connectivity index (χ2v) is 11.2. The lowest BCUT2D eigenvalue weighted by Crippen LogP contribution is -2.54. The topological polar surface area (TPSA) is 52.6 Å². The highest BCUT2D eigenvalue weighted by Crippen LogP contribution is 2.69. The molecule has 0 aromatic carbocycles. The Labute approximate surface area is 169 Å². The van der Waals surface area contributed by atoms with Crippen LogP contribution in [-0.4, -0.2) is 24.1 Å². The van der Waals surface area contributed by atoms with E-state index in [0.29, 0.717) is 23.2 Å². The first kappa shape index (κ1) is 18.9. The molecule has 28 heavy (non-hydrogen) atoms. The van der Waals surface area contributed by atoms with E-state index in [4.69, 9.17) is 9.47 Å². The van der Waals surface area contributed by atoms with Gasteiger partial charge in [0.2, 0.25) is 0 Å². The molecule has 0 spiro atoms. The zero-order chi connectivity index (χ0) is 19.8. The molecule has 0 amide bonds. The lowest BCUT2D eigenvalue weighted by Gasteiger charge is -2.61. The summed E-state index contributed by atoms with van der Waals surface area (Å²) in [6.45, 7) is 8.65. The van der Waals surface area contributed by atoms with Gasteiger partial charge in [-0.1, -0.05) is 20.8 Å². The van der Waals surface area contributed by atoms with Crippen LogP contribution in [0.1, 0.15) is 79.1 Å². The minimum atomic E-state index is -0.128. The molecule has 156 valence electrons. The lowest BCUT2D eigenvalue weighted by atomic mass is 9.44. The smallest absolute Gasteiger partial charge is 0.309 e. The van der Waals surface area contributed by atoms with Gasteiger partial charge in [0.15, 0.2) is 0 Å². The largest absolute Gasteiger partial charge is 0.463 e. The van der Waals surface area contributed by atoms with Gasteiger partial charge in [-0.25, -0.2) is 0 Å². The summed E-state index contributed by atoms with van der Waals surface area (Å²) in [5, 5.41) is 0. The highest BCUT2D eigenvalue weighted by atomic mass is 16.6. The Kier molecular flexibility index (Phi) is 4.21. The molecule has 4 heteroatoms. The fraction of sp³-hybridized carbons (Fsp3) is 0.917. The molecule has 5 rings (SSSR count). The van der Waals surface area contributed by atoms with Gasteiger partial charge in [-0.2, -0.15) is 0 Å². The fourth-order valence-electron chi connectivity index (χ4n) is 9.01. The van der Waals surface area contributed by atoms with Crippen molar-refractivity contribution in [2.45, 2.75) is 91.3 Å². The van der Waals surface area contributed by atoms with Crippen LogP contribution in [0, 0.1) is 46.3 Å². The van der Waals surface area contributed by atoms with Gasteiger partial charge in [0, 0.05) is 12.8 Å². The molecule has 4 unspecified atom stereocenters. The SMILES string of the molecule is CC(=O)OC1CC[C@@]2(C)C(CC[C@H]3[C@@H]4CC5OC(=O)C(C)[C@@H]5[C@@]4(C)CC[C@@H]32)C1. The van der Waals surface area contributed by atoms with Crippen molar-refractivity contribution in [2.24, 2.45) is 46.3 Å². The maximum absolute atomic E-state index is 12.2. The predicted octanol–water partition coefficient (Wildman–Crippen LogP) is 4.75. The van der Waals surface area contributed by atoms with Crippen LogP contribution in [0.4, 0.5) is 0 Å². The van der Waals surface area contributed by atoms with Crippen molar-refractivity contribution in [3.63, 3.8) is 0 Å². The predicted molar refractivity (Wildman–Crippen MR) is 105 cm³/mol. The molecule has 0 bridgehead atoms. The van der Waals surface area contributed by atoms with E-state index in [1.807, 2.05) is 0 Å². The quantitative estimate of drug-likeness (QED) is 0.608. The van der Waals surface area contributed by atoms with E-state index >= 15 is 0 Å². The summed E-state index contributed by atoms with van der Waals surface area (Å²) in [4.78, 5) is 23.6. The van der Waals surface area contributed by atoms with E-state index < -0.39 is 0 Å². The molecule has 4 nitrogen and oxygen atoms in total. The zero-order valence-electron chi connectivity index (χ0n) is 17.9.